The van der Waals surface area contributed by atoms with Crippen LogP contribution in [0.4, 0.5) is 4.39 Å². The second kappa shape index (κ2) is 6.20. The molecule has 0 amide bonds. The van der Waals surface area contributed by atoms with E-state index < -0.39 is 0 Å². The van der Waals surface area contributed by atoms with E-state index in [1.54, 1.807) is 16.8 Å². The molecule has 0 spiro atoms. The van der Waals surface area contributed by atoms with Crippen LogP contribution in [-0.2, 0) is 20.1 Å². The average molecular weight is 325 g/mol. The van der Waals surface area contributed by atoms with Crippen LogP contribution in [0.15, 0.2) is 49.1 Å². The Morgan fingerprint density at radius 1 is 1.25 bits per heavy atom. The van der Waals surface area contributed by atoms with Gasteiger partial charge in [0, 0.05) is 43.8 Å². The van der Waals surface area contributed by atoms with Crippen molar-refractivity contribution in [1.82, 2.24) is 24.2 Å². The van der Waals surface area contributed by atoms with Gasteiger partial charge in [0.2, 0.25) is 0 Å². The summed E-state index contributed by atoms with van der Waals surface area (Å²) in [5, 5.41) is 4.32. The molecule has 3 aromatic rings. The van der Waals surface area contributed by atoms with Crippen molar-refractivity contribution in [1.29, 1.82) is 0 Å². The number of halogens is 1. The summed E-state index contributed by atoms with van der Waals surface area (Å²) in [5.41, 5.74) is 1.56. The monoisotopic (exact) mass is 325 g/mol. The Bertz CT molecular complexity index is 833. The third kappa shape index (κ3) is 3.10. The maximum atomic E-state index is 13.9. The van der Waals surface area contributed by atoms with Crippen molar-refractivity contribution in [2.45, 2.75) is 32.0 Å². The molecule has 2 aromatic heterocycles. The zero-order valence-electron chi connectivity index (χ0n) is 13.6. The lowest BCUT2D eigenvalue weighted by Gasteiger charge is -2.20. The number of aryl methyl sites for hydroxylation is 1. The predicted octanol–water partition coefficient (Wildman–Crippen LogP) is 2.91. The number of imidazole rings is 1. The van der Waals surface area contributed by atoms with Crippen LogP contribution < -0.4 is 0 Å². The van der Waals surface area contributed by atoms with Gasteiger partial charge in [-0.3, -0.25) is 4.90 Å². The molecule has 2 heterocycles. The third-order valence-corrected chi connectivity index (χ3v) is 4.45. The molecule has 0 atom stereocenters. The molecular formula is C18H20FN5. The van der Waals surface area contributed by atoms with Gasteiger partial charge in [0.15, 0.2) is 0 Å². The fourth-order valence-electron chi connectivity index (χ4n) is 2.93. The molecular weight excluding hydrogens is 305 g/mol. The lowest BCUT2D eigenvalue weighted by atomic mass is 10.3. The summed E-state index contributed by atoms with van der Waals surface area (Å²) in [6, 6.07) is 7.30. The number of hydrogen-bond acceptors (Lipinski definition) is 3. The van der Waals surface area contributed by atoms with Crippen molar-refractivity contribution in [3.63, 3.8) is 0 Å². The molecule has 1 aromatic carbocycles. The Kier molecular flexibility index (Phi) is 3.90. The molecule has 6 heteroatoms. The van der Waals surface area contributed by atoms with Crippen molar-refractivity contribution in [3.05, 3.63) is 66.3 Å². The first-order chi connectivity index (χ1) is 11.7. The van der Waals surface area contributed by atoms with Crippen molar-refractivity contribution >= 4 is 0 Å². The average Bonchev–Trinajstić information content (AvgIpc) is 3.20. The highest BCUT2D eigenvalue weighted by Gasteiger charge is 2.30. The Balaban J connectivity index is 1.51. The van der Waals surface area contributed by atoms with E-state index in [9.17, 15) is 4.39 Å². The van der Waals surface area contributed by atoms with Gasteiger partial charge in [-0.15, -0.1) is 0 Å². The van der Waals surface area contributed by atoms with E-state index in [0.717, 1.165) is 24.5 Å². The maximum absolute atomic E-state index is 13.9. The van der Waals surface area contributed by atoms with Crippen LogP contribution in [0.2, 0.25) is 0 Å². The number of aromatic nitrogens is 4. The molecule has 1 aliphatic rings. The Morgan fingerprint density at radius 2 is 2.08 bits per heavy atom. The van der Waals surface area contributed by atoms with Gasteiger partial charge in [-0.1, -0.05) is 12.1 Å². The Hall–Kier alpha value is -2.47. The largest absolute Gasteiger partial charge is 0.337 e. The Morgan fingerprint density at radius 3 is 2.79 bits per heavy atom. The van der Waals surface area contributed by atoms with Crippen molar-refractivity contribution in [3.8, 4) is 5.69 Å². The normalized spacial score (nSPS) is 14.5. The summed E-state index contributed by atoms with van der Waals surface area (Å²) in [5.74, 6) is 0.794. The quantitative estimate of drug-likeness (QED) is 0.699. The first-order valence-corrected chi connectivity index (χ1v) is 8.19. The highest BCUT2D eigenvalue weighted by atomic mass is 19.1. The predicted molar refractivity (Wildman–Crippen MR) is 89.0 cm³/mol. The smallest absolute Gasteiger partial charge is 0.148 e. The van der Waals surface area contributed by atoms with E-state index in [4.69, 9.17) is 0 Å². The zero-order chi connectivity index (χ0) is 16.5. The molecule has 0 aliphatic heterocycles. The van der Waals surface area contributed by atoms with Crippen molar-refractivity contribution in [2.75, 3.05) is 0 Å². The minimum absolute atomic E-state index is 0.265. The van der Waals surface area contributed by atoms with Crippen LogP contribution in [0.25, 0.3) is 5.69 Å². The van der Waals surface area contributed by atoms with Gasteiger partial charge in [0.1, 0.15) is 17.3 Å². The molecule has 4 rings (SSSR count). The summed E-state index contributed by atoms with van der Waals surface area (Å²) in [6.45, 7) is 1.62. The standard InChI is InChI=1S/C18H20FN5/c1-22-9-8-20-18(22)13-23(15-6-7-15)11-14-10-21-24(12-14)17-5-3-2-4-16(17)19/h2-5,8-10,12,15H,6-7,11,13H2,1H3. The topological polar surface area (TPSA) is 38.9 Å². The molecule has 24 heavy (non-hydrogen) atoms. The highest BCUT2D eigenvalue weighted by Crippen LogP contribution is 2.29. The number of nitrogens with zero attached hydrogens (tertiary/aromatic N) is 5. The number of rotatable bonds is 6. The number of para-hydroxylation sites is 1. The van der Waals surface area contributed by atoms with E-state index >= 15 is 0 Å². The van der Waals surface area contributed by atoms with Crippen LogP contribution in [0.1, 0.15) is 24.2 Å². The summed E-state index contributed by atoms with van der Waals surface area (Å²) >= 11 is 0. The Labute approximate surface area is 140 Å². The van der Waals surface area contributed by atoms with Gasteiger partial charge >= 0.3 is 0 Å². The van der Waals surface area contributed by atoms with E-state index in [2.05, 4.69) is 19.5 Å². The highest BCUT2D eigenvalue weighted by molar-refractivity contribution is 5.33. The minimum atomic E-state index is -0.265. The first kappa shape index (κ1) is 15.1. The molecule has 5 nitrogen and oxygen atoms in total. The van der Waals surface area contributed by atoms with E-state index in [0.29, 0.717) is 11.7 Å². The first-order valence-electron chi connectivity index (χ1n) is 8.19. The van der Waals surface area contributed by atoms with Crippen LogP contribution in [0.3, 0.4) is 0 Å². The molecule has 1 saturated carbocycles. The van der Waals surface area contributed by atoms with Gasteiger partial charge in [0.25, 0.3) is 0 Å². The van der Waals surface area contributed by atoms with Crippen LogP contribution in [0.5, 0.6) is 0 Å². The lowest BCUT2D eigenvalue weighted by molar-refractivity contribution is 0.237. The van der Waals surface area contributed by atoms with Gasteiger partial charge < -0.3 is 4.57 Å². The summed E-state index contributed by atoms with van der Waals surface area (Å²) in [7, 11) is 2.02. The van der Waals surface area contributed by atoms with Crippen molar-refractivity contribution in [2.24, 2.45) is 7.05 Å². The molecule has 1 aliphatic carbocycles. The van der Waals surface area contributed by atoms with Gasteiger partial charge in [0.05, 0.1) is 12.7 Å². The van der Waals surface area contributed by atoms with Gasteiger partial charge in [-0.25, -0.2) is 14.1 Å². The summed E-state index contributed by atoms with van der Waals surface area (Å²) < 4.78 is 17.6. The molecule has 124 valence electrons. The second-order valence-electron chi connectivity index (χ2n) is 6.34. The summed E-state index contributed by atoms with van der Waals surface area (Å²) in [6.07, 6.45) is 9.98. The SMILES string of the molecule is Cn1ccnc1CN(Cc1cnn(-c2ccccc2F)c1)C1CC1. The van der Waals surface area contributed by atoms with Crippen molar-refractivity contribution < 1.29 is 4.39 Å². The van der Waals surface area contributed by atoms with E-state index in [-0.39, 0.29) is 5.82 Å². The van der Waals surface area contributed by atoms with Crippen LogP contribution >= 0.6 is 0 Å². The fourth-order valence-corrected chi connectivity index (χ4v) is 2.93. The molecule has 0 radical (unpaired) electrons. The lowest BCUT2D eigenvalue weighted by Crippen LogP contribution is -2.26. The zero-order valence-corrected chi connectivity index (χ0v) is 13.6. The fraction of sp³-hybridized carbons (Fsp3) is 0.333. The van der Waals surface area contributed by atoms with E-state index in [1.165, 1.54) is 18.9 Å². The van der Waals surface area contributed by atoms with Crippen LogP contribution in [0, 0.1) is 5.82 Å². The van der Waals surface area contributed by atoms with E-state index in [1.807, 2.05) is 37.9 Å². The van der Waals surface area contributed by atoms with Gasteiger partial charge in [-0.2, -0.15) is 5.10 Å². The number of hydrogen-bond donors (Lipinski definition) is 0. The minimum Gasteiger partial charge on any atom is -0.337 e. The second-order valence-corrected chi connectivity index (χ2v) is 6.34. The van der Waals surface area contributed by atoms with Crippen LogP contribution in [-0.4, -0.2) is 30.3 Å². The molecule has 0 unspecified atom stereocenters. The van der Waals surface area contributed by atoms with Gasteiger partial charge in [-0.05, 0) is 25.0 Å². The number of benzene rings is 1. The molecule has 0 bridgehead atoms. The maximum Gasteiger partial charge on any atom is 0.148 e. The molecule has 0 saturated heterocycles. The summed E-state index contributed by atoms with van der Waals surface area (Å²) in [4.78, 5) is 6.84. The molecule has 0 N–H and O–H groups in total. The third-order valence-electron chi connectivity index (χ3n) is 4.45. The molecule has 1 fully saturated rings.